The Kier molecular flexibility index (Phi) is 8.89. The van der Waals surface area contributed by atoms with Gasteiger partial charge in [0.15, 0.2) is 23.0 Å². The largest absolute Gasteiger partial charge is 0.493 e. The van der Waals surface area contributed by atoms with Gasteiger partial charge in [-0.2, -0.15) is 0 Å². The number of unbranched alkanes of at least 4 members (excludes halogenated alkanes) is 2. The molecule has 2 saturated heterocycles. The van der Waals surface area contributed by atoms with Crippen LogP contribution in [0.2, 0.25) is 0 Å². The number of nitrogens with zero attached hydrogens (tertiary/aromatic N) is 4. The van der Waals surface area contributed by atoms with Crippen molar-refractivity contribution in [3.63, 3.8) is 0 Å². The van der Waals surface area contributed by atoms with Crippen LogP contribution in [-0.4, -0.2) is 98.3 Å². The second-order valence-corrected chi connectivity index (χ2v) is 11.9. The lowest BCUT2D eigenvalue weighted by molar-refractivity contribution is 0.0516. The normalized spacial score (nSPS) is 22.0. The van der Waals surface area contributed by atoms with E-state index in [1.54, 1.807) is 42.2 Å². The molecule has 0 saturated carbocycles. The molecule has 3 atom stereocenters. The van der Waals surface area contributed by atoms with Crippen LogP contribution >= 0.6 is 0 Å². The molecule has 2 aromatic rings. The average Bonchev–Trinajstić information content (AvgIpc) is 3.65. The SMILES string of the molecule is C=C1C[C@H]2C=Nc3cc(OCCCCCOc4cc5c(cc4OC)C(=O)N4CCC[C@H]4[C@H](O)N5CC)c(OC)cc3C(=O)N2C1. The summed E-state index contributed by atoms with van der Waals surface area (Å²) in [6, 6.07) is 6.76. The zero-order chi connectivity index (χ0) is 31.7. The predicted molar refractivity (Wildman–Crippen MR) is 171 cm³/mol. The monoisotopic (exact) mass is 618 g/mol. The van der Waals surface area contributed by atoms with Crippen molar-refractivity contribution in [2.75, 3.05) is 52.0 Å². The summed E-state index contributed by atoms with van der Waals surface area (Å²) in [7, 11) is 3.13. The molecule has 11 nitrogen and oxygen atoms in total. The lowest BCUT2D eigenvalue weighted by Gasteiger charge is -2.33. The van der Waals surface area contributed by atoms with E-state index in [2.05, 4.69) is 11.6 Å². The third kappa shape index (κ3) is 5.81. The molecule has 4 aliphatic rings. The maximum absolute atomic E-state index is 13.4. The van der Waals surface area contributed by atoms with E-state index in [1.165, 1.54) is 0 Å². The van der Waals surface area contributed by atoms with Crippen LogP contribution in [-0.2, 0) is 0 Å². The zero-order valence-electron chi connectivity index (χ0n) is 26.3. The van der Waals surface area contributed by atoms with E-state index in [0.717, 1.165) is 44.1 Å². The molecule has 6 rings (SSSR count). The number of methoxy groups -OCH3 is 2. The summed E-state index contributed by atoms with van der Waals surface area (Å²) < 4.78 is 23.4. The van der Waals surface area contributed by atoms with E-state index in [4.69, 9.17) is 18.9 Å². The van der Waals surface area contributed by atoms with Crippen molar-refractivity contribution in [2.24, 2.45) is 4.99 Å². The van der Waals surface area contributed by atoms with Gasteiger partial charge in [0.2, 0.25) is 0 Å². The molecule has 0 aromatic heterocycles. The number of aliphatic imine (C=N–C) groups is 1. The van der Waals surface area contributed by atoms with Gasteiger partial charge >= 0.3 is 0 Å². The molecule has 0 bridgehead atoms. The smallest absolute Gasteiger partial charge is 0.257 e. The number of carbonyl (C=O) groups is 2. The molecule has 240 valence electrons. The molecule has 45 heavy (non-hydrogen) atoms. The standard InChI is InChI=1S/C34H42N4O7/c1-5-36-27-18-31(29(43-4)16-24(27)33(40)37-11-9-10-26(37)34(36)41)45-13-8-6-7-12-44-30-17-25-23(15-28(30)42-3)32(39)38-20-21(2)14-22(38)19-35-25/h15-19,22,26,34,41H,2,5-14,20H2,1,3-4H3/t22-,26-,34-/m0/s1. The molecule has 11 heteroatoms. The van der Waals surface area contributed by atoms with Gasteiger partial charge in [0.1, 0.15) is 6.23 Å². The number of rotatable bonds is 11. The first-order valence-electron chi connectivity index (χ1n) is 15.8. The highest BCUT2D eigenvalue weighted by Gasteiger charge is 2.42. The fraction of sp³-hybridized carbons (Fsp3) is 0.500. The highest BCUT2D eigenvalue weighted by atomic mass is 16.5. The van der Waals surface area contributed by atoms with Gasteiger partial charge in [0.05, 0.1) is 62.0 Å². The Morgan fingerprint density at radius 2 is 1.58 bits per heavy atom. The Morgan fingerprint density at radius 1 is 0.911 bits per heavy atom. The van der Waals surface area contributed by atoms with Crippen LogP contribution in [0, 0.1) is 0 Å². The minimum Gasteiger partial charge on any atom is -0.493 e. The van der Waals surface area contributed by atoms with Crippen molar-refractivity contribution in [1.29, 1.82) is 0 Å². The van der Waals surface area contributed by atoms with Crippen LogP contribution in [0.5, 0.6) is 23.0 Å². The molecule has 0 aliphatic carbocycles. The number of anilines is 1. The van der Waals surface area contributed by atoms with Gasteiger partial charge in [0.25, 0.3) is 11.8 Å². The molecular weight excluding hydrogens is 576 g/mol. The summed E-state index contributed by atoms with van der Waals surface area (Å²) in [5.41, 5.74) is 3.29. The third-order valence-electron chi connectivity index (χ3n) is 9.14. The number of carbonyl (C=O) groups excluding carboxylic acids is 2. The van der Waals surface area contributed by atoms with E-state index >= 15 is 0 Å². The van der Waals surface area contributed by atoms with Gasteiger partial charge < -0.3 is 38.8 Å². The lowest BCUT2D eigenvalue weighted by atomic mass is 10.1. The van der Waals surface area contributed by atoms with Gasteiger partial charge in [-0.1, -0.05) is 12.2 Å². The summed E-state index contributed by atoms with van der Waals surface area (Å²) in [5.74, 6) is 1.93. The van der Waals surface area contributed by atoms with Gasteiger partial charge in [-0.3, -0.25) is 14.6 Å². The number of aliphatic hydroxyl groups is 1. The van der Waals surface area contributed by atoms with Crippen LogP contribution in [0.1, 0.15) is 66.2 Å². The molecular formula is C34H42N4O7. The quantitative estimate of drug-likeness (QED) is 0.288. The van der Waals surface area contributed by atoms with E-state index in [1.807, 2.05) is 24.1 Å². The molecule has 4 heterocycles. The van der Waals surface area contributed by atoms with Crippen LogP contribution < -0.4 is 23.8 Å². The molecule has 1 N–H and O–H groups in total. The summed E-state index contributed by atoms with van der Waals surface area (Å²) in [6.07, 6.45) is 5.86. The van der Waals surface area contributed by atoms with Crippen molar-refractivity contribution in [3.05, 3.63) is 47.5 Å². The first kappa shape index (κ1) is 30.8. The zero-order valence-corrected chi connectivity index (χ0v) is 26.3. The van der Waals surface area contributed by atoms with Crippen molar-refractivity contribution >= 4 is 29.4 Å². The van der Waals surface area contributed by atoms with Gasteiger partial charge in [-0.15, -0.1) is 0 Å². The maximum atomic E-state index is 13.4. The number of benzene rings is 2. The van der Waals surface area contributed by atoms with Gasteiger partial charge in [-0.25, -0.2) is 0 Å². The number of hydrogen-bond donors (Lipinski definition) is 1. The van der Waals surface area contributed by atoms with E-state index in [0.29, 0.717) is 78.3 Å². The molecule has 0 spiro atoms. The van der Waals surface area contributed by atoms with Crippen molar-refractivity contribution < 1.29 is 33.6 Å². The third-order valence-corrected chi connectivity index (χ3v) is 9.14. The highest BCUT2D eigenvalue weighted by molar-refractivity contribution is 6.04. The second-order valence-electron chi connectivity index (χ2n) is 11.9. The van der Waals surface area contributed by atoms with Gasteiger partial charge in [0, 0.05) is 38.0 Å². The number of hydrogen-bond acceptors (Lipinski definition) is 9. The number of ether oxygens (including phenoxy) is 4. The van der Waals surface area contributed by atoms with Crippen molar-refractivity contribution in [2.45, 2.75) is 63.8 Å². The van der Waals surface area contributed by atoms with Crippen LogP contribution in [0.4, 0.5) is 11.4 Å². The summed E-state index contributed by atoms with van der Waals surface area (Å²) >= 11 is 0. The Balaban J connectivity index is 1.05. The Morgan fingerprint density at radius 3 is 2.27 bits per heavy atom. The van der Waals surface area contributed by atoms with E-state index in [-0.39, 0.29) is 23.9 Å². The van der Waals surface area contributed by atoms with Crippen molar-refractivity contribution in [3.8, 4) is 23.0 Å². The number of aliphatic hydroxyl groups excluding tert-OH is 1. The average molecular weight is 619 g/mol. The lowest BCUT2D eigenvalue weighted by Crippen LogP contribution is -2.48. The Labute approximate surface area is 264 Å². The summed E-state index contributed by atoms with van der Waals surface area (Å²) in [6.45, 7) is 8.67. The van der Waals surface area contributed by atoms with E-state index < -0.39 is 6.23 Å². The molecule has 2 amide bonds. The van der Waals surface area contributed by atoms with Crippen LogP contribution in [0.3, 0.4) is 0 Å². The fourth-order valence-electron chi connectivity index (χ4n) is 6.80. The number of likely N-dealkylation sites (N-methyl/N-ethyl adjacent to an activating group) is 1. The molecule has 2 fully saturated rings. The summed E-state index contributed by atoms with van der Waals surface area (Å²) in [5, 5.41) is 11.2. The second kappa shape index (κ2) is 13.0. The van der Waals surface area contributed by atoms with Crippen LogP contribution in [0.15, 0.2) is 41.4 Å². The van der Waals surface area contributed by atoms with Crippen LogP contribution in [0.25, 0.3) is 0 Å². The first-order valence-corrected chi connectivity index (χ1v) is 15.8. The van der Waals surface area contributed by atoms with Gasteiger partial charge in [-0.05, 0) is 57.6 Å². The summed E-state index contributed by atoms with van der Waals surface area (Å²) in [4.78, 5) is 36.7. The predicted octanol–water partition coefficient (Wildman–Crippen LogP) is 4.58. The highest BCUT2D eigenvalue weighted by Crippen LogP contribution is 2.41. The first-order chi connectivity index (χ1) is 21.8. The van der Waals surface area contributed by atoms with Crippen molar-refractivity contribution in [1.82, 2.24) is 9.80 Å². The number of fused-ring (bicyclic) bond motifs is 4. The molecule has 0 radical (unpaired) electrons. The number of amides is 2. The Bertz CT molecular complexity index is 1510. The molecule has 4 aliphatic heterocycles. The molecule has 2 aromatic carbocycles. The molecule has 0 unspecified atom stereocenters. The topological polar surface area (TPSA) is 113 Å². The maximum Gasteiger partial charge on any atom is 0.257 e. The fourth-order valence-corrected chi connectivity index (χ4v) is 6.80. The Hall–Kier alpha value is -4.25. The van der Waals surface area contributed by atoms with E-state index in [9.17, 15) is 14.7 Å². The minimum atomic E-state index is -0.771. The minimum absolute atomic E-state index is 0.0712.